The normalized spacial score (nSPS) is 14.4. The highest BCUT2D eigenvalue weighted by atomic mass is 16.3. The summed E-state index contributed by atoms with van der Waals surface area (Å²) in [5, 5.41) is 2.25. The number of benzene rings is 6. The molecule has 0 fully saturated rings. The Morgan fingerprint density at radius 1 is 0.475 bits per heavy atom. The third-order valence-corrected chi connectivity index (χ3v) is 8.00. The van der Waals surface area contributed by atoms with Gasteiger partial charge in [0.1, 0.15) is 11.2 Å². The first-order valence-corrected chi connectivity index (χ1v) is 13.7. The standard InChI is InChI=1S/C38H25NO/c1-3-12-25(13-4-1)27-22-23-28(26-14-5-2-6-15-26)33(24-27)36-31-17-7-9-20-34(31)39-37(36)32-19-11-18-30-29-16-8-10-21-35(29)40-38(30)32/h1-24,36H. The predicted molar refractivity (Wildman–Crippen MR) is 166 cm³/mol. The molecule has 2 heterocycles. The lowest BCUT2D eigenvalue weighted by atomic mass is 9.80. The molecular weight excluding hydrogens is 486 g/mol. The second kappa shape index (κ2) is 9.21. The molecule has 40 heavy (non-hydrogen) atoms. The van der Waals surface area contributed by atoms with E-state index in [1.165, 1.54) is 33.4 Å². The molecule has 7 aromatic rings. The van der Waals surface area contributed by atoms with Crippen LogP contribution in [0.1, 0.15) is 22.6 Å². The van der Waals surface area contributed by atoms with Gasteiger partial charge in [-0.2, -0.15) is 0 Å². The zero-order valence-corrected chi connectivity index (χ0v) is 21.8. The lowest BCUT2D eigenvalue weighted by molar-refractivity contribution is 0.668. The van der Waals surface area contributed by atoms with Crippen LogP contribution in [0.5, 0.6) is 0 Å². The van der Waals surface area contributed by atoms with Crippen molar-refractivity contribution in [2.75, 3.05) is 0 Å². The van der Waals surface area contributed by atoms with Gasteiger partial charge in [0, 0.05) is 16.3 Å². The van der Waals surface area contributed by atoms with Gasteiger partial charge in [0.2, 0.25) is 0 Å². The van der Waals surface area contributed by atoms with Crippen molar-refractivity contribution >= 4 is 33.3 Å². The monoisotopic (exact) mass is 511 g/mol. The minimum Gasteiger partial charge on any atom is -0.455 e. The molecule has 1 aliphatic rings. The molecule has 1 aromatic heterocycles. The van der Waals surface area contributed by atoms with Crippen molar-refractivity contribution in [3.05, 3.63) is 162 Å². The van der Waals surface area contributed by atoms with E-state index in [2.05, 4.69) is 133 Å². The second-order valence-corrected chi connectivity index (χ2v) is 10.3. The van der Waals surface area contributed by atoms with Gasteiger partial charge in [-0.3, -0.25) is 4.99 Å². The molecule has 2 nitrogen and oxygen atoms in total. The fraction of sp³-hybridized carbons (Fsp3) is 0.0263. The van der Waals surface area contributed by atoms with Crippen LogP contribution in [0, 0.1) is 0 Å². The van der Waals surface area contributed by atoms with E-state index in [1.807, 2.05) is 12.1 Å². The molecule has 0 bridgehead atoms. The van der Waals surface area contributed by atoms with E-state index in [4.69, 9.17) is 9.41 Å². The molecule has 0 spiro atoms. The Morgan fingerprint density at radius 2 is 1.18 bits per heavy atom. The van der Waals surface area contributed by atoms with E-state index in [-0.39, 0.29) is 5.92 Å². The summed E-state index contributed by atoms with van der Waals surface area (Å²) in [7, 11) is 0. The Labute approximate surface area is 232 Å². The van der Waals surface area contributed by atoms with Gasteiger partial charge in [0.05, 0.1) is 17.3 Å². The molecule has 0 aliphatic carbocycles. The Kier molecular flexibility index (Phi) is 5.24. The summed E-state index contributed by atoms with van der Waals surface area (Å²) < 4.78 is 6.51. The molecule has 0 amide bonds. The highest BCUT2D eigenvalue weighted by Crippen LogP contribution is 2.47. The quantitative estimate of drug-likeness (QED) is 0.231. The Hall–Kier alpha value is -5.21. The maximum absolute atomic E-state index is 6.51. The van der Waals surface area contributed by atoms with Crippen LogP contribution in [0.4, 0.5) is 5.69 Å². The molecule has 0 radical (unpaired) electrons. The first kappa shape index (κ1) is 22.7. The summed E-state index contributed by atoms with van der Waals surface area (Å²) in [5.74, 6) is -0.0473. The van der Waals surface area contributed by atoms with Crippen molar-refractivity contribution in [2.45, 2.75) is 5.92 Å². The first-order chi connectivity index (χ1) is 19.8. The van der Waals surface area contributed by atoms with Crippen LogP contribution in [0.15, 0.2) is 155 Å². The summed E-state index contributed by atoms with van der Waals surface area (Å²) in [6.07, 6.45) is 0. The zero-order chi connectivity index (χ0) is 26.5. The molecule has 6 aromatic carbocycles. The smallest absolute Gasteiger partial charge is 0.144 e. The third-order valence-electron chi connectivity index (χ3n) is 8.00. The lowest BCUT2D eigenvalue weighted by Gasteiger charge is -2.21. The van der Waals surface area contributed by atoms with Gasteiger partial charge in [0.25, 0.3) is 0 Å². The van der Waals surface area contributed by atoms with Crippen molar-refractivity contribution < 1.29 is 4.42 Å². The Balaban J connectivity index is 1.40. The molecule has 2 heteroatoms. The average Bonchev–Trinajstić information content (AvgIpc) is 3.60. The fourth-order valence-corrected chi connectivity index (χ4v) is 6.15. The summed E-state index contributed by atoms with van der Waals surface area (Å²) in [4.78, 5) is 5.29. The van der Waals surface area contributed by atoms with Crippen LogP contribution in [0.3, 0.4) is 0 Å². The second-order valence-electron chi connectivity index (χ2n) is 10.3. The molecule has 188 valence electrons. The van der Waals surface area contributed by atoms with Crippen molar-refractivity contribution in [2.24, 2.45) is 4.99 Å². The van der Waals surface area contributed by atoms with Gasteiger partial charge >= 0.3 is 0 Å². The van der Waals surface area contributed by atoms with Gasteiger partial charge in [-0.15, -0.1) is 0 Å². The Morgan fingerprint density at radius 3 is 2.02 bits per heavy atom. The largest absolute Gasteiger partial charge is 0.455 e. The third kappa shape index (κ3) is 3.61. The number of aliphatic imine (C=N–C) groups is 1. The number of hydrogen-bond donors (Lipinski definition) is 0. The van der Waals surface area contributed by atoms with Crippen molar-refractivity contribution in [1.82, 2.24) is 0 Å². The highest BCUT2D eigenvalue weighted by Gasteiger charge is 2.33. The number of para-hydroxylation sites is 3. The van der Waals surface area contributed by atoms with E-state index in [0.717, 1.165) is 38.9 Å². The van der Waals surface area contributed by atoms with Crippen LogP contribution >= 0.6 is 0 Å². The molecule has 0 saturated carbocycles. The molecular formula is C38H25NO. The predicted octanol–water partition coefficient (Wildman–Crippen LogP) is 10.2. The number of furan rings is 1. The van der Waals surface area contributed by atoms with Crippen LogP contribution < -0.4 is 0 Å². The van der Waals surface area contributed by atoms with E-state index in [1.54, 1.807) is 0 Å². The topological polar surface area (TPSA) is 25.5 Å². The molecule has 0 N–H and O–H groups in total. The number of hydrogen-bond acceptors (Lipinski definition) is 2. The fourth-order valence-electron chi connectivity index (χ4n) is 6.15. The van der Waals surface area contributed by atoms with Gasteiger partial charge < -0.3 is 4.42 Å². The average molecular weight is 512 g/mol. The summed E-state index contributed by atoms with van der Waals surface area (Å²) in [6.45, 7) is 0. The molecule has 1 atom stereocenters. The van der Waals surface area contributed by atoms with E-state index in [0.29, 0.717) is 0 Å². The zero-order valence-electron chi connectivity index (χ0n) is 21.8. The van der Waals surface area contributed by atoms with Crippen molar-refractivity contribution in [3.8, 4) is 22.3 Å². The molecule has 1 aliphatic heterocycles. The minimum absolute atomic E-state index is 0.0473. The summed E-state index contributed by atoms with van der Waals surface area (Å²) in [6, 6.07) is 51.4. The van der Waals surface area contributed by atoms with E-state index >= 15 is 0 Å². The maximum atomic E-state index is 6.51. The molecule has 0 saturated heterocycles. The number of nitrogens with zero attached hydrogens (tertiary/aromatic N) is 1. The van der Waals surface area contributed by atoms with E-state index < -0.39 is 0 Å². The van der Waals surface area contributed by atoms with Gasteiger partial charge in [-0.25, -0.2) is 0 Å². The summed E-state index contributed by atoms with van der Waals surface area (Å²) >= 11 is 0. The van der Waals surface area contributed by atoms with Gasteiger partial charge in [-0.05, 0) is 57.6 Å². The van der Waals surface area contributed by atoms with Crippen LogP contribution in [-0.2, 0) is 0 Å². The SMILES string of the molecule is c1ccc(-c2ccc(-c3ccccc3)c(C3C(c4cccc5c4oc4ccccc45)=Nc4ccccc43)c2)cc1. The van der Waals surface area contributed by atoms with Crippen LogP contribution in [0.2, 0.25) is 0 Å². The summed E-state index contributed by atoms with van der Waals surface area (Å²) in [5.41, 5.74) is 12.1. The highest BCUT2D eigenvalue weighted by molar-refractivity contribution is 6.20. The number of rotatable bonds is 4. The van der Waals surface area contributed by atoms with Crippen LogP contribution in [-0.4, -0.2) is 5.71 Å². The minimum atomic E-state index is -0.0473. The molecule has 8 rings (SSSR count). The first-order valence-electron chi connectivity index (χ1n) is 13.7. The molecule has 1 unspecified atom stereocenters. The van der Waals surface area contributed by atoms with E-state index in [9.17, 15) is 0 Å². The van der Waals surface area contributed by atoms with Crippen LogP contribution in [0.25, 0.3) is 44.2 Å². The van der Waals surface area contributed by atoms with Gasteiger partial charge in [0.15, 0.2) is 0 Å². The number of fused-ring (bicyclic) bond motifs is 4. The maximum Gasteiger partial charge on any atom is 0.144 e. The van der Waals surface area contributed by atoms with Crippen molar-refractivity contribution in [3.63, 3.8) is 0 Å². The van der Waals surface area contributed by atoms with Gasteiger partial charge in [-0.1, -0.05) is 121 Å². The van der Waals surface area contributed by atoms with Crippen molar-refractivity contribution in [1.29, 1.82) is 0 Å². The lowest BCUT2D eigenvalue weighted by Crippen LogP contribution is -2.13. The Bertz CT molecular complexity index is 2050.